The predicted octanol–water partition coefficient (Wildman–Crippen LogP) is 1.88. The SMILES string of the molecule is C=C(CCC)CCN(C)CCNC. The molecule has 0 aromatic heterocycles. The normalized spacial score (nSPS) is 10.8. The lowest BCUT2D eigenvalue weighted by Gasteiger charge is -2.16. The third kappa shape index (κ3) is 8.00. The Bertz CT molecular complexity index is 132. The fourth-order valence-electron chi connectivity index (χ4n) is 1.24. The summed E-state index contributed by atoms with van der Waals surface area (Å²) < 4.78 is 0. The third-order valence-electron chi connectivity index (χ3n) is 2.19. The molecular weight excluding hydrogens is 160 g/mol. The van der Waals surface area contributed by atoms with E-state index in [1.807, 2.05) is 7.05 Å². The Hall–Kier alpha value is -0.340. The Balaban J connectivity index is 3.34. The van der Waals surface area contributed by atoms with Crippen LogP contribution in [0.15, 0.2) is 12.2 Å². The van der Waals surface area contributed by atoms with Crippen LogP contribution in [0.25, 0.3) is 0 Å². The minimum absolute atomic E-state index is 1.07. The molecule has 1 N–H and O–H groups in total. The standard InChI is InChI=1S/C11H24N2/c1-5-6-11(2)7-9-13(4)10-8-12-3/h12H,2,5-10H2,1,3-4H3. The Morgan fingerprint density at radius 2 is 2.00 bits per heavy atom. The van der Waals surface area contributed by atoms with Crippen molar-refractivity contribution in [2.45, 2.75) is 26.2 Å². The van der Waals surface area contributed by atoms with Crippen molar-refractivity contribution >= 4 is 0 Å². The lowest BCUT2D eigenvalue weighted by Crippen LogP contribution is -2.28. The van der Waals surface area contributed by atoms with Crippen LogP contribution in [0.2, 0.25) is 0 Å². The van der Waals surface area contributed by atoms with Crippen LogP contribution in [0.1, 0.15) is 26.2 Å². The van der Waals surface area contributed by atoms with Gasteiger partial charge in [-0.1, -0.05) is 25.5 Å². The smallest absolute Gasteiger partial charge is 0.0104 e. The topological polar surface area (TPSA) is 15.3 Å². The fraction of sp³-hybridized carbons (Fsp3) is 0.818. The molecule has 0 unspecified atom stereocenters. The van der Waals surface area contributed by atoms with Crippen molar-refractivity contribution < 1.29 is 0 Å². The zero-order valence-electron chi connectivity index (χ0n) is 9.40. The second-order valence-corrected chi connectivity index (χ2v) is 3.66. The molecule has 2 nitrogen and oxygen atoms in total. The maximum atomic E-state index is 4.05. The molecule has 0 saturated carbocycles. The molecular formula is C11H24N2. The van der Waals surface area contributed by atoms with Gasteiger partial charge in [0.2, 0.25) is 0 Å². The first-order chi connectivity index (χ1) is 6.20. The first-order valence-corrected chi connectivity index (χ1v) is 5.20. The maximum Gasteiger partial charge on any atom is 0.0104 e. The Morgan fingerprint density at radius 3 is 2.54 bits per heavy atom. The summed E-state index contributed by atoms with van der Waals surface area (Å²) in [6.07, 6.45) is 3.55. The Kier molecular flexibility index (Phi) is 8.05. The quantitative estimate of drug-likeness (QED) is 0.579. The van der Waals surface area contributed by atoms with E-state index in [0.29, 0.717) is 0 Å². The lowest BCUT2D eigenvalue weighted by molar-refractivity contribution is 0.338. The van der Waals surface area contributed by atoms with E-state index in [1.54, 1.807) is 0 Å². The summed E-state index contributed by atoms with van der Waals surface area (Å²) in [5.41, 5.74) is 1.39. The van der Waals surface area contributed by atoms with Gasteiger partial charge < -0.3 is 10.2 Å². The summed E-state index contributed by atoms with van der Waals surface area (Å²) in [6, 6.07) is 0. The van der Waals surface area contributed by atoms with E-state index < -0.39 is 0 Å². The van der Waals surface area contributed by atoms with Crippen LogP contribution >= 0.6 is 0 Å². The molecule has 0 saturated heterocycles. The van der Waals surface area contributed by atoms with Crippen molar-refractivity contribution in [3.05, 3.63) is 12.2 Å². The fourth-order valence-corrected chi connectivity index (χ4v) is 1.24. The molecule has 13 heavy (non-hydrogen) atoms. The van der Waals surface area contributed by atoms with Crippen LogP contribution in [0.5, 0.6) is 0 Å². The number of nitrogens with zero attached hydrogens (tertiary/aromatic N) is 1. The molecule has 0 spiro atoms. The third-order valence-corrected chi connectivity index (χ3v) is 2.19. The molecule has 78 valence electrons. The zero-order valence-corrected chi connectivity index (χ0v) is 9.40. The van der Waals surface area contributed by atoms with Crippen molar-refractivity contribution in [2.75, 3.05) is 33.7 Å². The van der Waals surface area contributed by atoms with E-state index >= 15 is 0 Å². The van der Waals surface area contributed by atoms with Crippen LogP contribution in [0, 0.1) is 0 Å². The lowest BCUT2D eigenvalue weighted by atomic mass is 10.1. The van der Waals surface area contributed by atoms with Gasteiger partial charge in [-0.2, -0.15) is 0 Å². The molecule has 0 aliphatic carbocycles. The van der Waals surface area contributed by atoms with Crippen LogP contribution in [0.4, 0.5) is 0 Å². The molecule has 0 fully saturated rings. The summed E-state index contributed by atoms with van der Waals surface area (Å²) in [4.78, 5) is 2.34. The summed E-state index contributed by atoms with van der Waals surface area (Å²) in [7, 11) is 4.15. The average Bonchev–Trinajstić information content (AvgIpc) is 2.12. The molecule has 0 aliphatic heterocycles. The highest BCUT2D eigenvalue weighted by Gasteiger charge is 1.98. The van der Waals surface area contributed by atoms with E-state index in [0.717, 1.165) is 26.1 Å². The Morgan fingerprint density at radius 1 is 1.31 bits per heavy atom. The van der Waals surface area contributed by atoms with Gasteiger partial charge >= 0.3 is 0 Å². The monoisotopic (exact) mass is 184 g/mol. The van der Waals surface area contributed by atoms with Gasteiger partial charge in [0, 0.05) is 19.6 Å². The molecule has 0 aliphatic rings. The van der Waals surface area contributed by atoms with Gasteiger partial charge in [0.25, 0.3) is 0 Å². The largest absolute Gasteiger partial charge is 0.318 e. The van der Waals surface area contributed by atoms with Crippen molar-refractivity contribution in [1.29, 1.82) is 0 Å². The van der Waals surface area contributed by atoms with Crippen LogP contribution in [-0.2, 0) is 0 Å². The van der Waals surface area contributed by atoms with Crippen LogP contribution in [-0.4, -0.2) is 38.6 Å². The molecule has 0 bridgehead atoms. The first-order valence-electron chi connectivity index (χ1n) is 5.20. The van der Waals surface area contributed by atoms with Gasteiger partial charge in [0.15, 0.2) is 0 Å². The van der Waals surface area contributed by atoms with E-state index in [4.69, 9.17) is 0 Å². The molecule has 0 heterocycles. The van der Waals surface area contributed by atoms with Gasteiger partial charge in [-0.15, -0.1) is 0 Å². The zero-order chi connectivity index (χ0) is 10.1. The highest BCUT2D eigenvalue weighted by Crippen LogP contribution is 2.06. The van der Waals surface area contributed by atoms with E-state index in [2.05, 4.69) is 30.8 Å². The highest BCUT2D eigenvalue weighted by molar-refractivity contribution is 4.93. The summed E-state index contributed by atoms with van der Waals surface area (Å²) in [6.45, 7) is 9.59. The van der Waals surface area contributed by atoms with E-state index in [1.165, 1.54) is 18.4 Å². The van der Waals surface area contributed by atoms with Crippen LogP contribution < -0.4 is 5.32 Å². The van der Waals surface area contributed by atoms with Gasteiger partial charge in [-0.3, -0.25) is 0 Å². The van der Waals surface area contributed by atoms with Gasteiger partial charge in [0.05, 0.1) is 0 Å². The summed E-state index contributed by atoms with van der Waals surface area (Å²) >= 11 is 0. The van der Waals surface area contributed by atoms with Gasteiger partial charge in [-0.05, 0) is 26.9 Å². The van der Waals surface area contributed by atoms with Crippen LogP contribution in [0.3, 0.4) is 0 Å². The number of hydrogen-bond acceptors (Lipinski definition) is 2. The number of likely N-dealkylation sites (N-methyl/N-ethyl adjacent to an activating group) is 2. The van der Waals surface area contributed by atoms with E-state index in [9.17, 15) is 0 Å². The molecule has 2 heteroatoms. The molecule has 0 amide bonds. The minimum Gasteiger partial charge on any atom is -0.318 e. The predicted molar refractivity (Wildman–Crippen MR) is 60.1 cm³/mol. The first kappa shape index (κ1) is 12.7. The second-order valence-electron chi connectivity index (χ2n) is 3.66. The van der Waals surface area contributed by atoms with E-state index in [-0.39, 0.29) is 0 Å². The second kappa shape index (κ2) is 8.27. The summed E-state index contributed by atoms with van der Waals surface area (Å²) in [5.74, 6) is 0. The molecule has 0 atom stereocenters. The maximum absolute atomic E-state index is 4.05. The van der Waals surface area contributed by atoms with Crippen molar-refractivity contribution in [3.63, 3.8) is 0 Å². The van der Waals surface area contributed by atoms with Gasteiger partial charge in [0.1, 0.15) is 0 Å². The molecule has 0 radical (unpaired) electrons. The number of hydrogen-bond donors (Lipinski definition) is 1. The van der Waals surface area contributed by atoms with Crippen molar-refractivity contribution in [2.24, 2.45) is 0 Å². The van der Waals surface area contributed by atoms with Gasteiger partial charge in [-0.25, -0.2) is 0 Å². The Labute approximate surface area is 83.0 Å². The summed E-state index contributed by atoms with van der Waals surface area (Å²) in [5, 5.41) is 3.15. The molecule has 0 aromatic carbocycles. The highest BCUT2D eigenvalue weighted by atomic mass is 15.1. The number of nitrogens with one attached hydrogen (secondary N) is 1. The molecule has 0 aromatic rings. The number of rotatable bonds is 8. The minimum atomic E-state index is 1.07. The van der Waals surface area contributed by atoms with Crippen molar-refractivity contribution in [3.8, 4) is 0 Å². The van der Waals surface area contributed by atoms with Crippen molar-refractivity contribution in [1.82, 2.24) is 10.2 Å². The molecule has 0 rings (SSSR count). The average molecular weight is 184 g/mol.